The van der Waals surface area contributed by atoms with Gasteiger partial charge in [-0.2, -0.15) is 0 Å². The van der Waals surface area contributed by atoms with Gasteiger partial charge in [-0.25, -0.2) is 4.99 Å². The second kappa shape index (κ2) is 5.14. The fourth-order valence-electron chi connectivity index (χ4n) is 5.26. The van der Waals surface area contributed by atoms with Crippen LogP contribution in [0.25, 0.3) is 0 Å². The van der Waals surface area contributed by atoms with E-state index >= 15 is 0 Å². The molecule has 24 heavy (non-hydrogen) atoms. The first-order valence-corrected chi connectivity index (χ1v) is 9.58. The molecule has 2 aliphatic carbocycles. The van der Waals surface area contributed by atoms with Gasteiger partial charge in [0.2, 0.25) is 5.96 Å². The molecule has 1 unspecified atom stereocenters. The number of hydrogen-bond acceptors (Lipinski definition) is 5. The van der Waals surface area contributed by atoms with Crippen molar-refractivity contribution in [1.29, 1.82) is 0 Å². The van der Waals surface area contributed by atoms with Gasteiger partial charge in [0, 0.05) is 7.05 Å². The lowest BCUT2D eigenvalue weighted by atomic mass is 9.99. The average molecular weight is 329 g/mol. The summed E-state index contributed by atoms with van der Waals surface area (Å²) in [5, 5.41) is 7.09. The molecule has 3 heterocycles. The average Bonchev–Trinajstić information content (AvgIpc) is 3.33. The van der Waals surface area contributed by atoms with Crippen molar-refractivity contribution in [2.75, 3.05) is 13.6 Å². The van der Waals surface area contributed by atoms with Crippen LogP contribution >= 0.6 is 0 Å². The van der Waals surface area contributed by atoms with Gasteiger partial charge in [-0.05, 0) is 25.2 Å². The van der Waals surface area contributed by atoms with Crippen LogP contribution in [0.3, 0.4) is 0 Å². The summed E-state index contributed by atoms with van der Waals surface area (Å²) < 4.78 is 0. The Labute approximate surface area is 143 Å². The van der Waals surface area contributed by atoms with E-state index in [0.717, 1.165) is 49.2 Å². The lowest BCUT2D eigenvalue weighted by Crippen LogP contribution is -2.50. The van der Waals surface area contributed by atoms with Crippen LogP contribution < -0.4 is 10.6 Å². The zero-order valence-electron chi connectivity index (χ0n) is 14.5. The fraction of sp³-hybridized carbons (Fsp3) is 0.778. The minimum Gasteiger partial charge on any atom is -0.358 e. The molecule has 0 saturated heterocycles. The minimum absolute atomic E-state index is 0.0392. The van der Waals surface area contributed by atoms with Crippen LogP contribution in [0.1, 0.15) is 57.8 Å². The van der Waals surface area contributed by atoms with Gasteiger partial charge in [-0.3, -0.25) is 14.6 Å². The molecule has 3 aliphatic heterocycles. The molecule has 0 aromatic carbocycles. The molecule has 0 bridgehead atoms. The van der Waals surface area contributed by atoms with E-state index in [1.165, 1.54) is 38.5 Å². The number of nitrogens with zero attached hydrogens (tertiary/aromatic N) is 3. The molecule has 1 spiro atoms. The Morgan fingerprint density at radius 3 is 2.67 bits per heavy atom. The molecule has 2 fully saturated rings. The molecule has 6 nitrogen and oxygen atoms in total. The van der Waals surface area contributed by atoms with Crippen LogP contribution in [0.4, 0.5) is 0 Å². The highest BCUT2D eigenvalue weighted by Crippen LogP contribution is 2.41. The molecule has 0 aromatic heterocycles. The third-order valence-electron chi connectivity index (χ3n) is 6.56. The summed E-state index contributed by atoms with van der Waals surface area (Å²) in [6.45, 7) is 0.920. The molecule has 0 radical (unpaired) electrons. The smallest absolute Gasteiger partial charge is 0.280 e. The Morgan fingerprint density at radius 2 is 1.92 bits per heavy atom. The number of nitrogens with one attached hydrogen (secondary N) is 2. The van der Waals surface area contributed by atoms with Crippen molar-refractivity contribution in [3.05, 3.63) is 11.5 Å². The summed E-state index contributed by atoms with van der Waals surface area (Å²) in [5.41, 5.74) is 0.784. The van der Waals surface area contributed by atoms with Gasteiger partial charge in [0.05, 0.1) is 18.2 Å². The summed E-state index contributed by atoms with van der Waals surface area (Å²) in [6.07, 6.45) is 11.5. The zero-order chi connectivity index (χ0) is 16.3. The van der Waals surface area contributed by atoms with E-state index in [1.807, 2.05) is 7.05 Å². The maximum atomic E-state index is 12.8. The number of likely N-dealkylation sites (N-methyl/N-ethyl adjacent to an activating group) is 1. The van der Waals surface area contributed by atoms with Crippen molar-refractivity contribution in [3.8, 4) is 0 Å². The molecule has 1 atom stereocenters. The van der Waals surface area contributed by atoms with Crippen molar-refractivity contribution >= 4 is 11.9 Å². The van der Waals surface area contributed by atoms with Crippen LogP contribution in [0, 0.1) is 5.92 Å². The van der Waals surface area contributed by atoms with E-state index in [4.69, 9.17) is 4.99 Å². The van der Waals surface area contributed by atoms with Gasteiger partial charge >= 0.3 is 0 Å². The van der Waals surface area contributed by atoms with Crippen molar-refractivity contribution in [2.24, 2.45) is 10.9 Å². The molecule has 5 rings (SSSR count). The van der Waals surface area contributed by atoms with E-state index in [1.54, 1.807) is 4.90 Å². The SMILES string of the molecule is CN1C(=O)C2=C(NC(CC3CCCC3)N2)N2CC3(CCCC3)N=C12. The van der Waals surface area contributed by atoms with E-state index in [9.17, 15) is 4.79 Å². The second-order valence-electron chi connectivity index (χ2n) is 8.24. The lowest BCUT2D eigenvalue weighted by molar-refractivity contribution is -0.123. The molecule has 1 amide bonds. The zero-order valence-corrected chi connectivity index (χ0v) is 14.5. The topological polar surface area (TPSA) is 60.0 Å². The van der Waals surface area contributed by atoms with Crippen LogP contribution in [0.15, 0.2) is 16.5 Å². The number of amides is 1. The molecule has 2 saturated carbocycles. The number of rotatable bonds is 2. The number of hydrogen-bond donors (Lipinski definition) is 2. The van der Waals surface area contributed by atoms with Gasteiger partial charge in [0.25, 0.3) is 5.91 Å². The van der Waals surface area contributed by atoms with Gasteiger partial charge in [-0.1, -0.05) is 38.5 Å². The number of guanidine groups is 1. The Balaban J connectivity index is 1.39. The van der Waals surface area contributed by atoms with E-state index in [-0.39, 0.29) is 17.6 Å². The molecule has 5 aliphatic rings. The Kier molecular flexibility index (Phi) is 3.13. The van der Waals surface area contributed by atoms with E-state index < -0.39 is 0 Å². The molecular formula is C18H27N5O. The molecular weight excluding hydrogens is 302 g/mol. The molecule has 130 valence electrons. The number of aliphatic imine (C=N–C) groups is 1. The van der Waals surface area contributed by atoms with Gasteiger partial charge in [-0.15, -0.1) is 0 Å². The largest absolute Gasteiger partial charge is 0.358 e. The first kappa shape index (κ1) is 14.6. The third kappa shape index (κ3) is 2.07. The van der Waals surface area contributed by atoms with Crippen molar-refractivity contribution in [3.63, 3.8) is 0 Å². The highest BCUT2D eigenvalue weighted by atomic mass is 16.2. The standard InChI is InChI=1S/C18H27N5O/c1-22-16(24)14-15(20-13(19-14)10-12-6-2-3-7-12)23-11-18(21-17(22)23)8-4-5-9-18/h12-13,19-20H,2-11H2,1H3. The first-order chi connectivity index (χ1) is 11.7. The Hall–Kier alpha value is -1.72. The van der Waals surface area contributed by atoms with Crippen LogP contribution in [-0.4, -0.2) is 47.0 Å². The summed E-state index contributed by atoms with van der Waals surface area (Å²) in [6, 6.07) is 0. The maximum absolute atomic E-state index is 12.8. The number of fused-ring (bicyclic) bond motifs is 2. The monoisotopic (exact) mass is 329 g/mol. The van der Waals surface area contributed by atoms with Crippen LogP contribution in [0.5, 0.6) is 0 Å². The van der Waals surface area contributed by atoms with Crippen LogP contribution in [-0.2, 0) is 4.79 Å². The molecule has 0 aromatic rings. The maximum Gasteiger partial charge on any atom is 0.280 e. The van der Waals surface area contributed by atoms with Crippen molar-refractivity contribution in [1.82, 2.24) is 20.4 Å². The predicted octanol–water partition coefficient (Wildman–Crippen LogP) is 1.71. The highest BCUT2D eigenvalue weighted by Gasteiger charge is 2.50. The Morgan fingerprint density at radius 1 is 1.17 bits per heavy atom. The Bertz CT molecular complexity index is 627. The summed E-state index contributed by atoms with van der Waals surface area (Å²) in [5.74, 6) is 2.66. The second-order valence-corrected chi connectivity index (χ2v) is 8.24. The van der Waals surface area contributed by atoms with Crippen molar-refractivity contribution < 1.29 is 4.79 Å². The highest BCUT2D eigenvalue weighted by molar-refractivity contribution is 6.09. The lowest BCUT2D eigenvalue weighted by Gasteiger charge is -2.32. The van der Waals surface area contributed by atoms with Gasteiger partial charge in [0.15, 0.2) is 0 Å². The third-order valence-corrected chi connectivity index (χ3v) is 6.56. The summed E-state index contributed by atoms with van der Waals surface area (Å²) >= 11 is 0. The summed E-state index contributed by atoms with van der Waals surface area (Å²) in [4.78, 5) is 21.8. The number of carbonyl (C=O) groups excluding carboxylic acids is 1. The molecule has 2 N–H and O–H groups in total. The fourth-order valence-corrected chi connectivity index (χ4v) is 5.26. The minimum atomic E-state index is 0.0392. The normalized spacial score (nSPS) is 31.5. The van der Waals surface area contributed by atoms with Crippen molar-refractivity contribution in [2.45, 2.75) is 69.5 Å². The van der Waals surface area contributed by atoms with E-state index in [0.29, 0.717) is 0 Å². The van der Waals surface area contributed by atoms with Gasteiger partial charge < -0.3 is 10.6 Å². The summed E-state index contributed by atoms with van der Waals surface area (Å²) in [7, 11) is 1.86. The van der Waals surface area contributed by atoms with Gasteiger partial charge in [0.1, 0.15) is 11.5 Å². The van der Waals surface area contributed by atoms with Crippen LogP contribution in [0.2, 0.25) is 0 Å². The quantitative estimate of drug-likeness (QED) is 0.810. The first-order valence-electron chi connectivity index (χ1n) is 9.58. The van der Waals surface area contributed by atoms with E-state index in [2.05, 4.69) is 15.5 Å². The molecule has 6 heteroatoms. The predicted molar refractivity (Wildman–Crippen MR) is 91.8 cm³/mol. The number of carbonyl (C=O) groups is 1.